The molecule has 33 heavy (non-hydrogen) atoms. The Kier molecular flexibility index (Phi) is 7.07. The zero-order valence-corrected chi connectivity index (χ0v) is 19.1. The number of allylic oxidation sites excluding steroid dienone is 1. The molecular weight excluding hydrogens is 420 g/mol. The number of nitrogens with one attached hydrogen (secondary N) is 3. The SMILES string of the molecule is CCn1ncc2c1N=CC(C(=O)NCc1ccc(OC)cc1)=C(NC1CCNC(=O)CC1)C2. The summed E-state index contributed by atoms with van der Waals surface area (Å²) < 4.78 is 7.02. The van der Waals surface area contributed by atoms with Crippen LogP contribution in [-0.2, 0) is 29.1 Å². The van der Waals surface area contributed by atoms with E-state index >= 15 is 0 Å². The van der Waals surface area contributed by atoms with Crippen molar-refractivity contribution in [3.8, 4) is 5.75 Å². The molecule has 4 rings (SSSR count). The van der Waals surface area contributed by atoms with Crippen LogP contribution in [0.25, 0.3) is 0 Å². The molecule has 1 aromatic heterocycles. The Labute approximate surface area is 193 Å². The molecule has 9 nitrogen and oxygen atoms in total. The lowest BCUT2D eigenvalue weighted by atomic mass is 10.0. The summed E-state index contributed by atoms with van der Waals surface area (Å²) >= 11 is 0. The number of amides is 2. The summed E-state index contributed by atoms with van der Waals surface area (Å²) in [6.45, 7) is 3.73. The summed E-state index contributed by atoms with van der Waals surface area (Å²) in [5.74, 6) is 1.42. The normalized spacial score (nSPS) is 18.1. The fourth-order valence-corrected chi connectivity index (χ4v) is 4.07. The Balaban J connectivity index is 1.55. The van der Waals surface area contributed by atoms with E-state index in [0.29, 0.717) is 44.5 Å². The topological polar surface area (TPSA) is 110 Å². The monoisotopic (exact) mass is 450 g/mol. The first kappa shape index (κ1) is 22.6. The van der Waals surface area contributed by atoms with Crippen LogP contribution in [0.1, 0.15) is 37.3 Å². The number of ether oxygens (including phenoxy) is 1. The minimum absolute atomic E-state index is 0.0691. The maximum absolute atomic E-state index is 13.2. The second-order valence-corrected chi connectivity index (χ2v) is 8.19. The Morgan fingerprint density at radius 2 is 2.09 bits per heavy atom. The van der Waals surface area contributed by atoms with Crippen molar-refractivity contribution in [2.75, 3.05) is 13.7 Å². The van der Waals surface area contributed by atoms with Gasteiger partial charge in [0.1, 0.15) is 5.75 Å². The van der Waals surface area contributed by atoms with Crippen LogP contribution in [0.2, 0.25) is 0 Å². The number of hydrogen-bond donors (Lipinski definition) is 3. The van der Waals surface area contributed by atoms with Crippen LogP contribution >= 0.6 is 0 Å². The van der Waals surface area contributed by atoms with Gasteiger partial charge in [-0.15, -0.1) is 0 Å². The molecule has 174 valence electrons. The molecule has 1 aromatic carbocycles. The standard InChI is InChI=1S/C24H30N6O3/c1-3-30-23-17(14-28-30)12-21(29-18-6-9-22(31)25-11-10-18)20(15-26-23)24(32)27-13-16-4-7-19(33-2)8-5-16/h4-5,7-8,14-15,18,29H,3,6,9-13H2,1-2H3,(H,25,31)(H,27,32). The number of carbonyl (C=O) groups is 2. The minimum Gasteiger partial charge on any atom is -0.497 e. The van der Waals surface area contributed by atoms with Gasteiger partial charge in [-0.2, -0.15) is 5.10 Å². The molecular formula is C24H30N6O3. The Morgan fingerprint density at radius 1 is 1.27 bits per heavy atom. The molecule has 2 amide bonds. The highest BCUT2D eigenvalue weighted by molar-refractivity contribution is 6.13. The molecule has 3 heterocycles. The van der Waals surface area contributed by atoms with E-state index in [-0.39, 0.29) is 17.9 Å². The quantitative estimate of drug-likeness (QED) is 0.598. The fourth-order valence-electron chi connectivity index (χ4n) is 4.07. The van der Waals surface area contributed by atoms with Crippen molar-refractivity contribution in [1.82, 2.24) is 25.7 Å². The number of aryl methyl sites for hydroxylation is 1. The zero-order valence-electron chi connectivity index (χ0n) is 19.1. The van der Waals surface area contributed by atoms with E-state index in [1.165, 1.54) is 0 Å². The van der Waals surface area contributed by atoms with Crippen molar-refractivity contribution in [1.29, 1.82) is 0 Å². The van der Waals surface area contributed by atoms with E-state index in [2.05, 4.69) is 26.0 Å². The zero-order chi connectivity index (χ0) is 23.2. The maximum atomic E-state index is 13.2. The third-order valence-corrected chi connectivity index (χ3v) is 5.96. The first-order chi connectivity index (χ1) is 16.1. The van der Waals surface area contributed by atoms with E-state index in [1.54, 1.807) is 13.3 Å². The lowest BCUT2D eigenvalue weighted by Gasteiger charge is -2.21. The highest BCUT2D eigenvalue weighted by atomic mass is 16.5. The highest BCUT2D eigenvalue weighted by Crippen LogP contribution is 2.26. The van der Waals surface area contributed by atoms with Crippen LogP contribution in [0.15, 0.2) is 46.7 Å². The van der Waals surface area contributed by atoms with Crippen LogP contribution in [0, 0.1) is 0 Å². The number of methoxy groups -OCH3 is 1. The van der Waals surface area contributed by atoms with E-state index in [0.717, 1.165) is 34.8 Å². The molecule has 0 aliphatic carbocycles. The number of benzene rings is 1. The van der Waals surface area contributed by atoms with Crippen molar-refractivity contribution in [2.45, 2.75) is 51.7 Å². The predicted molar refractivity (Wildman–Crippen MR) is 125 cm³/mol. The average molecular weight is 451 g/mol. The van der Waals surface area contributed by atoms with Gasteiger partial charge in [-0.1, -0.05) is 12.1 Å². The Bertz CT molecular complexity index is 1070. The molecule has 2 aliphatic rings. The van der Waals surface area contributed by atoms with Crippen LogP contribution in [0.5, 0.6) is 5.75 Å². The van der Waals surface area contributed by atoms with Crippen LogP contribution in [0.4, 0.5) is 5.82 Å². The van der Waals surface area contributed by atoms with Crippen molar-refractivity contribution in [2.24, 2.45) is 4.99 Å². The fraction of sp³-hybridized carbons (Fsp3) is 0.417. The molecule has 3 N–H and O–H groups in total. The third kappa shape index (κ3) is 5.42. The minimum atomic E-state index is -0.193. The summed E-state index contributed by atoms with van der Waals surface area (Å²) in [7, 11) is 1.62. The summed E-state index contributed by atoms with van der Waals surface area (Å²) in [4.78, 5) is 29.6. The summed E-state index contributed by atoms with van der Waals surface area (Å²) in [5.41, 5.74) is 3.25. The van der Waals surface area contributed by atoms with Gasteiger partial charge in [-0.05, 0) is 37.5 Å². The van der Waals surface area contributed by atoms with E-state index in [9.17, 15) is 9.59 Å². The van der Waals surface area contributed by atoms with Crippen LogP contribution < -0.4 is 20.7 Å². The van der Waals surface area contributed by atoms with Crippen molar-refractivity contribution in [3.05, 3.63) is 52.9 Å². The molecule has 0 saturated carbocycles. The van der Waals surface area contributed by atoms with Gasteiger partial charge in [0.15, 0.2) is 5.82 Å². The molecule has 2 aromatic rings. The van der Waals surface area contributed by atoms with Crippen molar-refractivity contribution < 1.29 is 14.3 Å². The summed E-state index contributed by atoms with van der Waals surface area (Å²) in [5, 5.41) is 13.9. The summed E-state index contributed by atoms with van der Waals surface area (Å²) in [6.07, 6.45) is 5.96. The van der Waals surface area contributed by atoms with Crippen LogP contribution in [0.3, 0.4) is 0 Å². The lowest BCUT2D eigenvalue weighted by molar-refractivity contribution is -0.121. The van der Waals surface area contributed by atoms with E-state index in [1.807, 2.05) is 42.1 Å². The smallest absolute Gasteiger partial charge is 0.254 e. The molecule has 1 fully saturated rings. The molecule has 0 spiro atoms. The first-order valence-electron chi connectivity index (χ1n) is 11.3. The van der Waals surface area contributed by atoms with Gasteiger partial charge in [0.2, 0.25) is 5.91 Å². The Hall–Kier alpha value is -3.62. The molecule has 2 aliphatic heterocycles. The first-order valence-corrected chi connectivity index (χ1v) is 11.3. The lowest BCUT2D eigenvalue weighted by Crippen LogP contribution is -2.34. The molecule has 1 atom stereocenters. The van der Waals surface area contributed by atoms with Gasteiger partial charge in [0.25, 0.3) is 5.91 Å². The summed E-state index contributed by atoms with van der Waals surface area (Å²) in [6, 6.07) is 7.69. The predicted octanol–water partition coefficient (Wildman–Crippen LogP) is 2.00. The average Bonchev–Trinajstić information content (AvgIpc) is 2.97. The number of nitrogens with zero attached hydrogens (tertiary/aromatic N) is 3. The molecule has 0 bridgehead atoms. The largest absolute Gasteiger partial charge is 0.497 e. The number of aliphatic imine (C=N–C) groups is 1. The Morgan fingerprint density at radius 3 is 2.85 bits per heavy atom. The molecule has 9 heteroatoms. The van der Waals surface area contributed by atoms with Gasteiger partial charge >= 0.3 is 0 Å². The number of aromatic nitrogens is 2. The van der Waals surface area contributed by atoms with Gasteiger partial charge in [0, 0.05) is 56.0 Å². The third-order valence-electron chi connectivity index (χ3n) is 5.96. The van der Waals surface area contributed by atoms with Gasteiger partial charge in [-0.25, -0.2) is 9.67 Å². The van der Waals surface area contributed by atoms with Gasteiger partial charge in [0.05, 0.1) is 18.9 Å². The van der Waals surface area contributed by atoms with Crippen LogP contribution in [-0.4, -0.2) is 47.5 Å². The molecule has 0 radical (unpaired) electrons. The van der Waals surface area contributed by atoms with Crippen molar-refractivity contribution >= 4 is 23.8 Å². The number of fused-ring (bicyclic) bond motifs is 1. The van der Waals surface area contributed by atoms with Gasteiger partial charge in [-0.3, -0.25) is 9.59 Å². The number of hydrogen-bond acceptors (Lipinski definition) is 6. The van der Waals surface area contributed by atoms with E-state index in [4.69, 9.17) is 4.74 Å². The maximum Gasteiger partial charge on any atom is 0.254 e. The highest BCUT2D eigenvalue weighted by Gasteiger charge is 2.24. The van der Waals surface area contributed by atoms with E-state index < -0.39 is 0 Å². The molecule has 1 saturated heterocycles. The second kappa shape index (κ2) is 10.3. The van der Waals surface area contributed by atoms with Gasteiger partial charge < -0.3 is 20.7 Å². The number of carbonyl (C=O) groups excluding carboxylic acids is 2. The second-order valence-electron chi connectivity index (χ2n) is 8.19. The molecule has 1 unspecified atom stereocenters. The number of rotatable bonds is 7. The van der Waals surface area contributed by atoms with Crippen molar-refractivity contribution in [3.63, 3.8) is 0 Å².